The van der Waals surface area contributed by atoms with Crippen LogP contribution < -0.4 is 5.32 Å². The van der Waals surface area contributed by atoms with Gasteiger partial charge in [-0.2, -0.15) is 0 Å². The van der Waals surface area contributed by atoms with E-state index in [2.05, 4.69) is 31.4 Å². The van der Waals surface area contributed by atoms with E-state index in [9.17, 15) is 13.6 Å². The second-order valence-corrected chi connectivity index (χ2v) is 10.3. The van der Waals surface area contributed by atoms with Gasteiger partial charge in [-0.25, -0.2) is 8.78 Å². The highest BCUT2D eigenvalue weighted by atomic mass is 79.9. The molecule has 4 saturated carbocycles. The van der Waals surface area contributed by atoms with Crippen molar-refractivity contribution in [3.8, 4) is 0 Å². The van der Waals surface area contributed by atoms with Crippen LogP contribution in [0.15, 0.2) is 0 Å². The Bertz CT molecular complexity index is 624. The Balaban J connectivity index is 1.44. The summed E-state index contributed by atoms with van der Waals surface area (Å²) in [6.45, 7) is 0. The predicted molar refractivity (Wildman–Crippen MR) is 86.9 cm³/mol. The Morgan fingerprint density at radius 1 is 1.30 bits per heavy atom. The van der Waals surface area contributed by atoms with Gasteiger partial charge in [0.15, 0.2) is 5.01 Å². The summed E-state index contributed by atoms with van der Waals surface area (Å²) in [5.41, 5.74) is 0.0634. The Morgan fingerprint density at radius 2 is 2.00 bits per heavy atom. The van der Waals surface area contributed by atoms with E-state index in [1.807, 2.05) is 0 Å². The summed E-state index contributed by atoms with van der Waals surface area (Å²) in [7, 11) is 0. The van der Waals surface area contributed by atoms with Crippen LogP contribution in [0, 0.1) is 17.3 Å². The molecule has 4 bridgehead atoms. The van der Waals surface area contributed by atoms with Crippen molar-refractivity contribution in [3.63, 3.8) is 0 Å². The molecule has 0 radical (unpaired) electrons. The Morgan fingerprint density at radius 3 is 2.57 bits per heavy atom. The van der Waals surface area contributed by atoms with Gasteiger partial charge in [0.25, 0.3) is 6.43 Å². The maximum absolute atomic E-state index is 12.5. The Labute approximate surface area is 145 Å². The maximum Gasteiger partial charge on any atom is 0.291 e. The molecule has 4 nitrogen and oxygen atoms in total. The molecule has 4 aliphatic carbocycles. The molecule has 5 rings (SSSR count). The number of hydrogen-bond donors (Lipinski definition) is 1. The molecule has 1 amide bonds. The number of halogens is 3. The van der Waals surface area contributed by atoms with Gasteiger partial charge in [0.05, 0.1) is 0 Å². The molecule has 8 heteroatoms. The molecule has 1 N–H and O–H groups in total. The summed E-state index contributed by atoms with van der Waals surface area (Å²) < 4.78 is 25.3. The van der Waals surface area contributed by atoms with Crippen LogP contribution in [0.2, 0.25) is 0 Å². The molecule has 4 aliphatic rings. The van der Waals surface area contributed by atoms with Gasteiger partial charge < -0.3 is 5.32 Å². The molecule has 2 atom stereocenters. The minimum atomic E-state index is -2.64. The minimum Gasteiger partial charge on any atom is -0.301 e. The highest BCUT2D eigenvalue weighted by Gasteiger charge is 2.57. The molecule has 1 aromatic heterocycles. The number of nitrogens with zero attached hydrogens (tertiary/aromatic N) is 2. The second kappa shape index (κ2) is 5.44. The first-order valence-corrected chi connectivity index (χ1v) is 9.56. The quantitative estimate of drug-likeness (QED) is 0.748. The number of hydrogen-bond acceptors (Lipinski definition) is 4. The number of carbonyl (C=O) groups is 1. The first kappa shape index (κ1) is 15.9. The third kappa shape index (κ3) is 3.04. The van der Waals surface area contributed by atoms with Gasteiger partial charge in [-0.15, -0.1) is 10.2 Å². The minimum absolute atomic E-state index is 0.0634. The fourth-order valence-corrected chi connectivity index (χ4v) is 7.55. The molecular formula is C15H18BrF2N3OS. The van der Waals surface area contributed by atoms with Gasteiger partial charge in [-0.05, 0) is 55.8 Å². The molecular weight excluding hydrogens is 388 g/mol. The van der Waals surface area contributed by atoms with E-state index in [0.717, 1.165) is 42.4 Å². The maximum atomic E-state index is 12.5. The van der Waals surface area contributed by atoms with Crippen molar-refractivity contribution in [3.05, 3.63) is 5.01 Å². The molecule has 23 heavy (non-hydrogen) atoms. The van der Waals surface area contributed by atoms with E-state index in [4.69, 9.17) is 0 Å². The summed E-state index contributed by atoms with van der Waals surface area (Å²) in [5.74, 6) is 1.31. The predicted octanol–water partition coefficient (Wildman–Crippen LogP) is 4.54. The highest BCUT2D eigenvalue weighted by Crippen LogP contribution is 2.65. The molecule has 4 fully saturated rings. The molecule has 1 aromatic rings. The summed E-state index contributed by atoms with van der Waals surface area (Å²) in [6.07, 6.45) is 4.82. The summed E-state index contributed by atoms with van der Waals surface area (Å²) >= 11 is 4.68. The topological polar surface area (TPSA) is 54.9 Å². The fraction of sp³-hybridized carbons (Fsp3) is 0.800. The van der Waals surface area contributed by atoms with Crippen LogP contribution in [-0.2, 0) is 4.79 Å². The fourth-order valence-electron chi connectivity index (χ4n) is 5.42. The van der Waals surface area contributed by atoms with Crippen molar-refractivity contribution in [2.75, 3.05) is 5.32 Å². The van der Waals surface area contributed by atoms with E-state index in [0.29, 0.717) is 6.42 Å². The molecule has 126 valence electrons. The van der Waals surface area contributed by atoms with Crippen molar-refractivity contribution in [1.29, 1.82) is 0 Å². The van der Waals surface area contributed by atoms with Gasteiger partial charge in [0.2, 0.25) is 11.0 Å². The van der Waals surface area contributed by atoms with Gasteiger partial charge in [-0.1, -0.05) is 27.3 Å². The van der Waals surface area contributed by atoms with Crippen LogP contribution in [-0.4, -0.2) is 20.4 Å². The third-order valence-electron chi connectivity index (χ3n) is 5.52. The standard InChI is InChI=1S/C15H18BrF2N3OS/c16-15-4-8-1-9(5-15)3-14(2-8,7-15)6-10(22)19-13-21-20-12(23-13)11(17)18/h8-9,11H,1-7H2,(H,19,21,22). The van der Waals surface area contributed by atoms with Crippen molar-refractivity contribution < 1.29 is 13.6 Å². The number of amides is 1. The van der Waals surface area contributed by atoms with Crippen LogP contribution in [0.5, 0.6) is 0 Å². The smallest absolute Gasteiger partial charge is 0.291 e. The van der Waals surface area contributed by atoms with Gasteiger partial charge in [0, 0.05) is 10.7 Å². The lowest BCUT2D eigenvalue weighted by molar-refractivity contribution is -0.123. The lowest BCUT2D eigenvalue weighted by atomic mass is 9.48. The zero-order valence-corrected chi connectivity index (χ0v) is 14.9. The number of alkyl halides is 3. The van der Waals surface area contributed by atoms with Crippen LogP contribution in [0.4, 0.5) is 13.9 Å². The second-order valence-electron chi connectivity index (χ2n) is 7.58. The van der Waals surface area contributed by atoms with Crippen LogP contribution >= 0.6 is 27.3 Å². The molecule has 0 saturated heterocycles. The Kier molecular flexibility index (Phi) is 3.75. The zero-order valence-electron chi connectivity index (χ0n) is 12.5. The SMILES string of the molecule is O=C(CC12CC3CC(CC(Br)(C3)C1)C2)Nc1nnc(C(F)F)s1. The van der Waals surface area contributed by atoms with Gasteiger partial charge in [0.1, 0.15) is 0 Å². The van der Waals surface area contributed by atoms with Gasteiger partial charge >= 0.3 is 0 Å². The zero-order chi connectivity index (χ0) is 16.2. The monoisotopic (exact) mass is 405 g/mol. The number of anilines is 1. The number of nitrogens with one attached hydrogen (secondary N) is 1. The van der Waals surface area contributed by atoms with E-state index < -0.39 is 6.43 Å². The van der Waals surface area contributed by atoms with Crippen LogP contribution in [0.1, 0.15) is 56.4 Å². The number of rotatable bonds is 4. The Hall–Kier alpha value is -0.630. The molecule has 0 aliphatic heterocycles. The highest BCUT2D eigenvalue weighted by molar-refractivity contribution is 9.10. The van der Waals surface area contributed by atoms with Crippen molar-refractivity contribution in [2.45, 2.75) is 55.7 Å². The normalized spacial score (nSPS) is 38.3. The van der Waals surface area contributed by atoms with E-state index >= 15 is 0 Å². The van der Waals surface area contributed by atoms with Gasteiger partial charge in [-0.3, -0.25) is 4.79 Å². The van der Waals surface area contributed by atoms with Crippen LogP contribution in [0.3, 0.4) is 0 Å². The molecule has 1 heterocycles. The number of aromatic nitrogens is 2. The lowest BCUT2D eigenvalue weighted by Crippen LogP contribution is -2.53. The summed E-state index contributed by atoms with van der Waals surface area (Å²) in [5, 5.41) is 9.52. The van der Waals surface area contributed by atoms with Crippen LogP contribution in [0.25, 0.3) is 0 Å². The largest absolute Gasteiger partial charge is 0.301 e. The molecule has 0 spiro atoms. The first-order valence-electron chi connectivity index (χ1n) is 7.95. The third-order valence-corrected chi connectivity index (χ3v) is 7.29. The molecule has 0 aromatic carbocycles. The van der Waals surface area contributed by atoms with E-state index in [1.165, 1.54) is 19.3 Å². The number of carbonyl (C=O) groups excluding carboxylic acids is 1. The summed E-state index contributed by atoms with van der Waals surface area (Å²) in [6, 6.07) is 0. The van der Waals surface area contributed by atoms with Crippen molar-refractivity contribution >= 4 is 38.3 Å². The summed E-state index contributed by atoms with van der Waals surface area (Å²) in [4.78, 5) is 12.4. The van der Waals surface area contributed by atoms with E-state index in [-0.39, 0.29) is 25.8 Å². The first-order chi connectivity index (χ1) is 10.8. The molecule has 2 unspecified atom stereocenters. The lowest BCUT2D eigenvalue weighted by Gasteiger charge is -2.60. The average molecular weight is 406 g/mol. The van der Waals surface area contributed by atoms with Crippen molar-refractivity contribution in [2.24, 2.45) is 17.3 Å². The average Bonchev–Trinajstić information content (AvgIpc) is 2.83. The van der Waals surface area contributed by atoms with Crippen molar-refractivity contribution in [1.82, 2.24) is 10.2 Å². The van der Waals surface area contributed by atoms with E-state index in [1.54, 1.807) is 0 Å².